The number of nitrogens with zero attached hydrogens (tertiary/aromatic N) is 5. The monoisotopic (exact) mass is 474 g/mol. The summed E-state index contributed by atoms with van der Waals surface area (Å²) >= 11 is 0. The predicted molar refractivity (Wildman–Crippen MR) is 126 cm³/mol. The Hall–Kier alpha value is -4.34. The molecule has 1 amide bonds. The summed E-state index contributed by atoms with van der Waals surface area (Å²) < 4.78 is 26.3. The van der Waals surface area contributed by atoms with E-state index in [2.05, 4.69) is 25.6 Å². The maximum atomic E-state index is 13.4. The Labute approximate surface area is 200 Å². The molecule has 0 radical (unpaired) electrons. The van der Waals surface area contributed by atoms with Crippen molar-refractivity contribution in [3.05, 3.63) is 71.3 Å². The van der Waals surface area contributed by atoms with Crippen LogP contribution < -0.4 is 14.8 Å². The molecule has 1 atom stereocenters. The predicted octanol–water partition coefficient (Wildman–Crippen LogP) is 4.05. The molecule has 0 fully saturated rings. The van der Waals surface area contributed by atoms with Crippen molar-refractivity contribution >= 4 is 11.7 Å². The summed E-state index contributed by atoms with van der Waals surface area (Å²) in [4.78, 5) is 17.4. The highest BCUT2D eigenvalue weighted by Crippen LogP contribution is 2.45. The number of rotatable bonds is 6. The fourth-order valence-electron chi connectivity index (χ4n) is 4.37. The standard InChI is InChI=1S/C25H23FN6O3/c1-4-35-23-17(6-5-7-20(23)34-3)18-12-21(33)29-24-22(18)14(2)31-32(24)25-28-19(13-27-30-25)15-8-10-16(26)11-9-15/h5-11,13,18H,4,12H2,1-3H3,(H,29,33)/t18-/m0/s1. The molecule has 1 N–H and O–H groups in total. The van der Waals surface area contributed by atoms with Crippen LogP contribution >= 0.6 is 0 Å². The molecule has 0 saturated heterocycles. The Balaban J connectivity index is 1.63. The molecule has 35 heavy (non-hydrogen) atoms. The van der Waals surface area contributed by atoms with Crippen LogP contribution in [0.4, 0.5) is 10.2 Å². The Kier molecular flexibility index (Phi) is 5.86. The van der Waals surface area contributed by atoms with E-state index in [1.807, 2.05) is 32.0 Å². The number of hydrogen-bond acceptors (Lipinski definition) is 7. The van der Waals surface area contributed by atoms with Crippen LogP contribution in [0.2, 0.25) is 0 Å². The van der Waals surface area contributed by atoms with Crippen molar-refractivity contribution in [3.8, 4) is 28.7 Å². The van der Waals surface area contributed by atoms with E-state index in [1.165, 1.54) is 23.0 Å². The highest BCUT2D eigenvalue weighted by Gasteiger charge is 2.35. The van der Waals surface area contributed by atoms with E-state index in [1.54, 1.807) is 19.2 Å². The quantitative estimate of drug-likeness (QED) is 0.450. The lowest BCUT2D eigenvalue weighted by molar-refractivity contribution is -0.116. The number of aryl methyl sites for hydroxylation is 1. The average molecular weight is 474 g/mol. The number of carbonyl (C=O) groups is 1. The van der Waals surface area contributed by atoms with Crippen LogP contribution in [-0.2, 0) is 4.79 Å². The first-order chi connectivity index (χ1) is 17.0. The van der Waals surface area contributed by atoms with Crippen molar-refractivity contribution in [3.63, 3.8) is 0 Å². The van der Waals surface area contributed by atoms with Crippen molar-refractivity contribution in [2.75, 3.05) is 19.0 Å². The molecule has 0 unspecified atom stereocenters. The van der Waals surface area contributed by atoms with Gasteiger partial charge in [0.2, 0.25) is 5.91 Å². The smallest absolute Gasteiger partial charge is 0.272 e. The van der Waals surface area contributed by atoms with Gasteiger partial charge in [0.15, 0.2) is 11.5 Å². The minimum atomic E-state index is -0.342. The van der Waals surface area contributed by atoms with Crippen LogP contribution in [0.1, 0.15) is 36.1 Å². The minimum Gasteiger partial charge on any atom is -0.493 e. The zero-order valence-electron chi connectivity index (χ0n) is 19.4. The molecule has 0 bridgehead atoms. The molecule has 4 aromatic rings. The van der Waals surface area contributed by atoms with E-state index in [4.69, 9.17) is 9.47 Å². The van der Waals surface area contributed by atoms with Gasteiger partial charge in [0.05, 0.1) is 31.3 Å². The summed E-state index contributed by atoms with van der Waals surface area (Å²) in [7, 11) is 1.59. The van der Waals surface area contributed by atoms with E-state index in [0.717, 1.165) is 11.1 Å². The molecule has 9 nitrogen and oxygen atoms in total. The lowest BCUT2D eigenvalue weighted by Crippen LogP contribution is -2.25. The van der Waals surface area contributed by atoms with Crippen molar-refractivity contribution in [1.82, 2.24) is 25.0 Å². The summed E-state index contributed by atoms with van der Waals surface area (Å²) in [5.41, 5.74) is 3.58. The van der Waals surface area contributed by atoms with Crippen molar-refractivity contribution in [1.29, 1.82) is 0 Å². The number of amides is 1. The van der Waals surface area contributed by atoms with Gasteiger partial charge in [-0.3, -0.25) is 4.79 Å². The van der Waals surface area contributed by atoms with Gasteiger partial charge in [-0.1, -0.05) is 12.1 Å². The summed E-state index contributed by atoms with van der Waals surface area (Å²) in [6.07, 6.45) is 1.72. The average Bonchev–Trinajstić information content (AvgIpc) is 3.20. The zero-order chi connectivity index (χ0) is 24.5. The normalized spacial score (nSPS) is 14.9. The Bertz CT molecular complexity index is 1400. The third kappa shape index (κ3) is 4.07. The van der Waals surface area contributed by atoms with Crippen LogP contribution in [0.25, 0.3) is 17.2 Å². The molecule has 2 aromatic heterocycles. The number of methoxy groups -OCH3 is 1. The van der Waals surface area contributed by atoms with Crippen LogP contribution in [0, 0.1) is 12.7 Å². The summed E-state index contributed by atoms with van der Waals surface area (Å²) in [6, 6.07) is 11.6. The summed E-state index contributed by atoms with van der Waals surface area (Å²) in [5.74, 6) is 1.05. The number of fused-ring (bicyclic) bond motifs is 1. The van der Waals surface area contributed by atoms with Gasteiger partial charge in [-0.2, -0.15) is 14.9 Å². The van der Waals surface area contributed by atoms with E-state index >= 15 is 0 Å². The molecule has 10 heteroatoms. The molecule has 1 aliphatic rings. The first kappa shape index (κ1) is 22.5. The third-order valence-electron chi connectivity index (χ3n) is 5.87. The number of halogens is 1. The molecular weight excluding hydrogens is 451 g/mol. The summed E-state index contributed by atoms with van der Waals surface area (Å²) in [5, 5.41) is 15.8. The van der Waals surface area contributed by atoms with Gasteiger partial charge in [-0.05, 0) is 44.2 Å². The largest absolute Gasteiger partial charge is 0.493 e. The number of benzene rings is 2. The second-order valence-corrected chi connectivity index (χ2v) is 8.02. The maximum Gasteiger partial charge on any atom is 0.272 e. The van der Waals surface area contributed by atoms with E-state index in [0.29, 0.717) is 40.9 Å². The molecule has 178 valence electrons. The van der Waals surface area contributed by atoms with Crippen LogP contribution in [-0.4, -0.2) is 44.6 Å². The number of nitrogens with one attached hydrogen (secondary N) is 1. The Morgan fingerprint density at radius 2 is 2.00 bits per heavy atom. The van der Waals surface area contributed by atoms with Crippen LogP contribution in [0.3, 0.4) is 0 Å². The van der Waals surface area contributed by atoms with Crippen LogP contribution in [0.5, 0.6) is 11.5 Å². The molecule has 0 aliphatic carbocycles. The fraction of sp³-hybridized carbons (Fsp3) is 0.240. The molecule has 0 spiro atoms. The Morgan fingerprint density at radius 1 is 1.20 bits per heavy atom. The maximum absolute atomic E-state index is 13.4. The molecule has 2 aromatic carbocycles. The molecule has 1 aliphatic heterocycles. The van der Waals surface area contributed by atoms with Crippen molar-refractivity contribution < 1.29 is 18.7 Å². The Morgan fingerprint density at radius 3 is 2.74 bits per heavy atom. The van der Waals surface area contributed by atoms with Gasteiger partial charge in [-0.25, -0.2) is 9.37 Å². The van der Waals surface area contributed by atoms with E-state index in [9.17, 15) is 9.18 Å². The van der Waals surface area contributed by atoms with Crippen molar-refractivity contribution in [2.24, 2.45) is 0 Å². The minimum absolute atomic E-state index is 0.170. The molecule has 5 rings (SSSR count). The number of ether oxygens (including phenoxy) is 2. The van der Waals surface area contributed by atoms with Gasteiger partial charge < -0.3 is 14.8 Å². The van der Waals surface area contributed by atoms with Crippen LogP contribution in [0.15, 0.2) is 48.7 Å². The van der Waals surface area contributed by atoms with Gasteiger partial charge in [0.1, 0.15) is 11.6 Å². The number of carbonyl (C=O) groups excluding carboxylic acids is 1. The highest BCUT2D eigenvalue weighted by atomic mass is 19.1. The van der Waals surface area contributed by atoms with Gasteiger partial charge in [0, 0.05) is 29.0 Å². The summed E-state index contributed by atoms with van der Waals surface area (Å²) in [6.45, 7) is 4.22. The number of aromatic nitrogens is 5. The second-order valence-electron chi connectivity index (χ2n) is 8.02. The fourth-order valence-corrected chi connectivity index (χ4v) is 4.37. The van der Waals surface area contributed by atoms with E-state index < -0.39 is 0 Å². The lowest BCUT2D eigenvalue weighted by atomic mass is 9.85. The molecule has 0 saturated carbocycles. The number of para-hydroxylation sites is 1. The highest BCUT2D eigenvalue weighted by molar-refractivity contribution is 5.95. The number of anilines is 1. The lowest BCUT2D eigenvalue weighted by Gasteiger charge is -2.26. The number of hydrogen-bond donors (Lipinski definition) is 1. The molecule has 3 heterocycles. The second kappa shape index (κ2) is 9.13. The van der Waals surface area contributed by atoms with Gasteiger partial charge in [-0.15, -0.1) is 5.10 Å². The molecular formula is C25H23FN6O3. The SMILES string of the molecule is CCOc1c(OC)cccc1[C@@H]1CC(=O)Nc2c1c(C)nn2-c1nncc(-c2ccc(F)cc2)n1. The first-order valence-corrected chi connectivity index (χ1v) is 11.1. The van der Waals surface area contributed by atoms with Gasteiger partial charge >= 0.3 is 0 Å². The topological polar surface area (TPSA) is 104 Å². The third-order valence-corrected chi connectivity index (χ3v) is 5.87. The zero-order valence-corrected chi connectivity index (χ0v) is 19.4. The van der Waals surface area contributed by atoms with Gasteiger partial charge in [0.25, 0.3) is 5.95 Å². The van der Waals surface area contributed by atoms with E-state index in [-0.39, 0.29) is 30.0 Å². The van der Waals surface area contributed by atoms with Crippen molar-refractivity contribution in [2.45, 2.75) is 26.2 Å². The first-order valence-electron chi connectivity index (χ1n) is 11.1.